The molecule has 0 radical (unpaired) electrons. The smallest absolute Gasteiger partial charge is 0.119 e. The number of likely N-dealkylation sites (N-methyl/N-ethyl adjacent to an activating group) is 1. The lowest BCUT2D eigenvalue weighted by Crippen LogP contribution is -2.17. The lowest BCUT2D eigenvalue weighted by atomic mass is 10.3. The van der Waals surface area contributed by atoms with Crippen LogP contribution in [0.1, 0.15) is 0 Å². The van der Waals surface area contributed by atoms with Gasteiger partial charge in [0, 0.05) is 6.54 Å². The third kappa shape index (κ3) is 20.6. The Kier molecular flexibility index (Phi) is 21.9. The lowest BCUT2D eigenvalue weighted by Gasteiger charge is -2.09. The molecule has 0 aliphatic heterocycles. The summed E-state index contributed by atoms with van der Waals surface area (Å²) in [5.74, 6) is 0.851. The zero-order chi connectivity index (χ0) is 22.8. The van der Waals surface area contributed by atoms with Gasteiger partial charge in [-0.05, 0) is 19.2 Å². The summed E-state index contributed by atoms with van der Waals surface area (Å²) in [6, 6.07) is 9.68. The average molecular weight is 460 g/mol. The van der Waals surface area contributed by atoms with Gasteiger partial charge in [-0.15, -0.1) is 0 Å². The van der Waals surface area contributed by atoms with Crippen molar-refractivity contribution >= 4 is 0 Å². The van der Waals surface area contributed by atoms with Crippen LogP contribution in [0.3, 0.4) is 0 Å². The van der Waals surface area contributed by atoms with Crippen LogP contribution >= 0.6 is 0 Å². The highest BCUT2D eigenvalue weighted by atomic mass is 16.6. The first kappa shape index (κ1) is 28.7. The summed E-state index contributed by atoms with van der Waals surface area (Å²) in [5, 5.41) is 3.02. The quantitative estimate of drug-likeness (QED) is 0.218. The third-order valence-corrected chi connectivity index (χ3v) is 3.97. The fourth-order valence-electron chi connectivity index (χ4n) is 2.33. The van der Waals surface area contributed by atoms with Gasteiger partial charge in [0.25, 0.3) is 0 Å². The summed E-state index contributed by atoms with van der Waals surface area (Å²) in [4.78, 5) is 0. The van der Waals surface area contributed by atoms with E-state index in [0.717, 1.165) is 12.3 Å². The van der Waals surface area contributed by atoms with Crippen LogP contribution in [0.5, 0.6) is 5.75 Å². The average Bonchev–Trinajstić information content (AvgIpc) is 2.82. The Morgan fingerprint density at radius 1 is 0.469 bits per heavy atom. The number of ether oxygens (including phenoxy) is 8. The van der Waals surface area contributed by atoms with Gasteiger partial charge in [-0.25, -0.2) is 0 Å². The van der Waals surface area contributed by atoms with Gasteiger partial charge in [0.1, 0.15) is 12.4 Å². The molecular weight excluding hydrogens is 418 g/mol. The first-order valence-electron chi connectivity index (χ1n) is 11.3. The molecule has 186 valence electrons. The van der Waals surface area contributed by atoms with Crippen molar-refractivity contribution in [3.05, 3.63) is 30.3 Å². The van der Waals surface area contributed by atoms with Gasteiger partial charge in [0.15, 0.2) is 0 Å². The fourth-order valence-corrected chi connectivity index (χ4v) is 2.33. The SMILES string of the molecule is CNCCOCCOCCOCCOCCOCCOCCOCCOc1ccccc1. The minimum atomic E-state index is 0.527. The van der Waals surface area contributed by atoms with E-state index in [2.05, 4.69) is 5.32 Å². The van der Waals surface area contributed by atoms with Crippen LogP contribution in [0.15, 0.2) is 30.3 Å². The molecule has 0 heterocycles. The van der Waals surface area contributed by atoms with Crippen LogP contribution < -0.4 is 10.1 Å². The van der Waals surface area contributed by atoms with Gasteiger partial charge in [-0.2, -0.15) is 0 Å². The highest BCUT2D eigenvalue weighted by Crippen LogP contribution is 2.07. The minimum absolute atomic E-state index is 0.527. The molecule has 0 amide bonds. The molecule has 0 atom stereocenters. The van der Waals surface area contributed by atoms with E-state index in [1.807, 2.05) is 37.4 Å². The van der Waals surface area contributed by atoms with E-state index < -0.39 is 0 Å². The molecule has 1 aromatic carbocycles. The molecule has 32 heavy (non-hydrogen) atoms. The third-order valence-electron chi connectivity index (χ3n) is 3.97. The summed E-state index contributed by atoms with van der Waals surface area (Å²) in [6.45, 7) is 9.22. The van der Waals surface area contributed by atoms with Crippen LogP contribution in [-0.4, -0.2) is 113 Å². The van der Waals surface area contributed by atoms with Gasteiger partial charge in [0.2, 0.25) is 0 Å². The highest BCUT2D eigenvalue weighted by Gasteiger charge is 1.95. The maximum Gasteiger partial charge on any atom is 0.119 e. The van der Waals surface area contributed by atoms with Crippen molar-refractivity contribution < 1.29 is 37.9 Å². The summed E-state index contributed by atoms with van der Waals surface area (Å²) >= 11 is 0. The molecule has 0 fully saturated rings. The van der Waals surface area contributed by atoms with Crippen molar-refractivity contribution in [1.29, 1.82) is 0 Å². The number of para-hydroxylation sites is 1. The summed E-state index contributed by atoms with van der Waals surface area (Å²) in [5.41, 5.74) is 0. The van der Waals surface area contributed by atoms with E-state index in [-0.39, 0.29) is 0 Å². The fraction of sp³-hybridized carbons (Fsp3) is 0.739. The number of hydrogen-bond acceptors (Lipinski definition) is 9. The molecule has 0 aromatic heterocycles. The Hall–Kier alpha value is -1.30. The van der Waals surface area contributed by atoms with E-state index in [1.165, 1.54) is 0 Å². The predicted molar refractivity (Wildman–Crippen MR) is 122 cm³/mol. The second-order valence-corrected chi connectivity index (χ2v) is 6.55. The molecule has 0 unspecified atom stereocenters. The van der Waals surface area contributed by atoms with E-state index in [0.29, 0.717) is 99.1 Å². The van der Waals surface area contributed by atoms with E-state index in [1.54, 1.807) is 0 Å². The van der Waals surface area contributed by atoms with E-state index in [4.69, 9.17) is 37.9 Å². The number of hydrogen-bond donors (Lipinski definition) is 1. The molecule has 0 bridgehead atoms. The second-order valence-electron chi connectivity index (χ2n) is 6.55. The molecule has 0 spiro atoms. The van der Waals surface area contributed by atoms with Crippen molar-refractivity contribution in [2.75, 3.05) is 113 Å². The number of benzene rings is 1. The standard InChI is InChI=1S/C23H41NO8/c1-24-7-8-25-9-10-26-11-12-27-13-14-28-15-16-29-17-18-30-19-20-31-21-22-32-23-5-3-2-4-6-23/h2-6,24H,7-22H2,1H3. The van der Waals surface area contributed by atoms with Crippen molar-refractivity contribution in [1.82, 2.24) is 5.32 Å². The molecule has 9 heteroatoms. The first-order chi connectivity index (χ1) is 15.9. The molecule has 0 saturated carbocycles. The Balaban J connectivity index is 1.64. The Bertz CT molecular complexity index is 480. The van der Waals surface area contributed by atoms with Crippen LogP contribution in [0.25, 0.3) is 0 Å². The Labute approximate surface area is 192 Å². The topological polar surface area (TPSA) is 85.9 Å². The van der Waals surface area contributed by atoms with Crippen molar-refractivity contribution in [3.8, 4) is 5.75 Å². The van der Waals surface area contributed by atoms with Crippen LogP contribution in [-0.2, 0) is 33.2 Å². The van der Waals surface area contributed by atoms with Crippen molar-refractivity contribution in [2.24, 2.45) is 0 Å². The zero-order valence-corrected chi connectivity index (χ0v) is 19.5. The Morgan fingerprint density at radius 3 is 1.19 bits per heavy atom. The maximum atomic E-state index is 5.54. The van der Waals surface area contributed by atoms with E-state index >= 15 is 0 Å². The lowest BCUT2D eigenvalue weighted by molar-refractivity contribution is -0.0211. The molecule has 0 saturated heterocycles. The van der Waals surface area contributed by atoms with E-state index in [9.17, 15) is 0 Å². The molecular formula is C23H41NO8. The summed E-state index contributed by atoms with van der Waals surface area (Å²) in [7, 11) is 1.90. The monoisotopic (exact) mass is 459 g/mol. The minimum Gasteiger partial charge on any atom is -0.491 e. The van der Waals surface area contributed by atoms with Gasteiger partial charge >= 0.3 is 0 Å². The van der Waals surface area contributed by atoms with Gasteiger partial charge < -0.3 is 43.2 Å². The number of nitrogens with one attached hydrogen (secondary N) is 1. The van der Waals surface area contributed by atoms with Crippen molar-refractivity contribution in [3.63, 3.8) is 0 Å². The molecule has 0 aliphatic carbocycles. The molecule has 9 nitrogen and oxygen atoms in total. The van der Waals surface area contributed by atoms with Crippen LogP contribution in [0.4, 0.5) is 0 Å². The molecule has 1 aromatic rings. The predicted octanol–water partition coefficient (Wildman–Crippen LogP) is 1.40. The highest BCUT2D eigenvalue weighted by molar-refractivity contribution is 5.20. The summed E-state index contributed by atoms with van der Waals surface area (Å²) < 4.78 is 43.5. The van der Waals surface area contributed by atoms with Crippen LogP contribution in [0.2, 0.25) is 0 Å². The second kappa shape index (κ2) is 24.3. The molecule has 1 rings (SSSR count). The number of rotatable bonds is 25. The molecule has 0 aliphatic rings. The van der Waals surface area contributed by atoms with Crippen molar-refractivity contribution in [2.45, 2.75) is 0 Å². The maximum absolute atomic E-state index is 5.54. The summed E-state index contributed by atoms with van der Waals surface area (Å²) in [6.07, 6.45) is 0. The normalized spacial score (nSPS) is 11.2. The van der Waals surface area contributed by atoms with Crippen LogP contribution in [0, 0.1) is 0 Å². The Morgan fingerprint density at radius 2 is 0.812 bits per heavy atom. The van der Waals surface area contributed by atoms with Gasteiger partial charge in [-0.1, -0.05) is 18.2 Å². The first-order valence-corrected chi connectivity index (χ1v) is 11.3. The zero-order valence-electron chi connectivity index (χ0n) is 19.5. The van der Waals surface area contributed by atoms with Gasteiger partial charge in [0.05, 0.1) is 92.5 Å². The largest absolute Gasteiger partial charge is 0.491 e. The molecule has 1 N–H and O–H groups in total. The van der Waals surface area contributed by atoms with Gasteiger partial charge in [-0.3, -0.25) is 0 Å².